The van der Waals surface area contributed by atoms with E-state index < -0.39 is 10.0 Å². The molecule has 0 aliphatic carbocycles. The van der Waals surface area contributed by atoms with Crippen LogP contribution in [0.4, 0.5) is 5.69 Å². The third-order valence-electron chi connectivity index (χ3n) is 3.01. The highest BCUT2D eigenvalue weighted by Crippen LogP contribution is 2.22. The second kappa shape index (κ2) is 5.44. The minimum atomic E-state index is -3.74. The fourth-order valence-corrected chi connectivity index (χ4v) is 3.10. The van der Waals surface area contributed by atoms with Crippen molar-refractivity contribution >= 4 is 21.5 Å². The second-order valence-corrected chi connectivity index (χ2v) is 6.22. The molecule has 0 fully saturated rings. The summed E-state index contributed by atoms with van der Waals surface area (Å²) >= 11 is 0. The lowest BCUT2D eigenvalue weighted by Crippen LogP contribution is -2.28. The highest BCUT2D eigenvalue weighted by Gasteiger charge is 2.24. The Morgan fingerprint density at radius 3 is 2.71 bits per heavy atom. The quantitative estimate of drug-likeness (QED) is 0.366. The first-order valence-electron chi connectivity index (χ1n) is 5.93. The number of anilines is 1. The normalized spacial score (nSPS) is 12.4. The summed E-state index contributed by atoms with van der Waals surface area (Å²) in [5.74, 6) is -0.0943. The summed E-state index contributed by atoms with van der Waals surface area (Å²) < 4.78 is 27.4. The third-order valence-corrected chi connectivity index (χ3v) is 4.87. The molecule has 112 valence electrons. The summed E-state index contributed by atoms with van der Waals surface area (Å²) in [6.45, 7) is 0. The molecule has 0 radical (unpaired) electrons. The summed E-state index contributed by atoms with van der Waals surface area (Å²) in [4.78, 5) is 0. The standard InChI is InChI=1S/C12H15N5O3S/c1-16-11(6-7-14-16)21(19,20)17(2)10-5-3-4-9(8-10)12(13)15-18/h3-8,18H,1-2H3,(H2,13,15). The van der Waals surface area contributed by atoms with Gasteiger partial charge in [-0.25, -0.2) is 0 Å². The van der Waals surface area contributed by atoms with Gasteiger partial charge in [0.05, 0.1) is 11.9 Å². The van der Waals surface area contributed by atoms with E-state index in [0.717, 1.165) is 4.31 Å². The van der Waals surface area contributed by atoms with Crippen molar-refractivity contribution in [2.24, 2.45) is 17.9 Å². The topological polar surface area (TPSA) is 114 Å². The summed E-state index contributed by atoms with van der Waals surface area (Å²) in [7, 11) is -0.764. The van der Waals surface area contributed by atoms with Gasteiger partial charge in [-0.2, -0.15) is 13.5 Å². The molecule has 1 heterocycles. The van der Waals surface area contributed by atoms with Gasteiger partial charge >= 0.3 is 0 Å². The molecule has 0 atom stereocenters. The van der Waals surface area contributed by atoms with Crippen LogP contribution in [0.2, 0.25) is 0 Å². The fourth-order valence-electron chi connectivity index (χ4n) is 1.81. The van der Waals surface area contributed by atoms with Crippen LogP contribution >= 0.6 is 0 Å². The van der Waals surface area contributed by atoms with Crippen LogP contribution in [0.3, 0.4) is 0 Å². The largest absolute Gasteiger partial charge is 0.409 e. The smallest absolute Gasteiger partial charge is 0.281 e. The molecule has 3 N–H and O–H groups in total. The first kappa shape index (κ1) is 14.9. The predicted octanol–water partition coefficient (Wildman–Crippen LogP) is 0.340. The van der Waals surface area contributed by atoms with Gasteiger partial charge in [0.25, 0.3) is 10.0 Å². The van der Waals surface area contributed by atoms with Crippen molar-refractivity contribution in [3.8, 4) is 0 Å². The van der Waals surface area contributed by atoms with Crippen LogP contribution in [0.15, 0.2) is 46.7 Å². The number of oxime groups is 1. The number of aryl methyl sites for hydroxylation is 1. The van der Waals surface area contributed by atoms with E-state index in [2.05, 4.69) is 10.3 Å². The molecule has 0 aliphatic rings. The molecule has 9 heteroatoms. The predicted molar refractivity (Wildman–Crippen MR) is 77.7 cm³/mol. The summed E-state index contributed by atoms with van der Waals surface area (Å²) in [5.41, 5.74) is 6.32. The maximum Gasteiger partial charge on any atom is 0.281 e. The van der Waals surface area contributed by atoms with Crippen LogP contribution < -0.4 is 10.0 Å². The van der Waals surface area contributed by atoms with Gasteiger partial charge in [0.15, 0.2) is 10.9 Å². The molecular weight excluding hydrogens is 294 g/mol. The Morgan fingerprint density at radius 2 is 2.14 bits per heavy atom. The van der Waals surface area contributed by atoms with Crippen molar-refractivity contribution in [2.45, 2.75) is 5.03 Å². The zero-order valence-electron chi connectivity index (χ0n) is 11.5. The van der Waals surface area contributed by atoms with Crippen LogP contribution in [-0.2, 0) is 17.1 Å². The maximum atomic E-state index is 12.5. The molecule has 8 nitrogen and oxygen atoms in total. The monoisotopic (exact) mass is 309 g/mol. The van der Waals surface area contributed by atoms with Crippen LogP contribution in [0.5, 0.6) is 0 Å². The molecule has 0 bridgehead atoms. The zero-order valence-corrected chi connectivity index (χ0v) is 12.3. The molecular formula is C12H15N5O3S. The van der Waals surface area contributed by atoms with E-state index in [-0.39, 0.29) is 10.9 Å². The van der Waals surface area contributed by atoms with Crippen LogP contribution in [-0.4, -0.2) is 36.3 Å². The number of amidine groups is 1. The summed E-state index contributed by atoms with van der Waals surface area (Å²) in [5, 5.41) is 15.5. The van der Waals surface area contributed by atoms with E-state index in [9.17, 15) is 8.42 Å². The molecule has 2 aromatic rings. The molecule has 0 saturated carbocycles. The molecule has 21 heavy (non-hydrogen) atoms. The van der Waals surface area contributed by atoms with E-state index in [1.54, 1.807) is 25.2 Å². The van der Waals surface area contributed by atoms with Crippen molar-refractivity contribution in [2.75, 3.05) is 11.4 Å². The van der Waals surface area contributed by atoms with Gasteiger partial charge in [0, 0.05) is 19.7 Å². The van der Waals surface area contributed by atoms with Crippen LogP contribution in [0, 0.1) is 0 Å². The van der Waals surface area contributed by atoms with Crippen molar-refractivity contribution < 1.29 is 13.6 Å². The number of hydrogen-bond acceptors (Lipinski definition) is 5. The van der Waals surface area contributed by atoms with Crippen molar-refractivity contribution in [3.63, 3.8) is 0 Å². The average Bonchev–Trinajstić information content (AvgIpc) is 2.92. The van der Waals surface area contributed by atoms with Gasteiger partial charge in [0.2, 0.25) is 0 Å². The van der Waals surface area contributed by atoms with Crippen LogP contribution in [0.1, 0.15) is 5.56 Å². The van der Waals surface area contributed by atoms with E-state index in [1.807, 2.05) is 0 Å². The molecule has 1 aromatic heterocycles. The van der Waals surface area contributed by atoms with E-state index >= 15 is 0 Å². The Hall–Kier alpha value is -2.55. The first-order valence-corrected chi connectivity index (χ1v) is 7.37. The van der Waals surface area contributed by atoms with Gasteiger partial charge in [-0.3, -0.25) is 8.99 Å². The molecule has 1 aromatic carbocycles. The van der Waals surface area contributed by atoms with Gasteiger partial charge in [-0.05, 0) is 18.2 Å². The number of benzene rings is 1. The molecule has 0 saturated heterocycles. The molecule has 0 aliphatic heterocycles. The Labute approximate surface area is 122 Å². The van der Waals surface area contributed by atoms with Crippen molar-refractivity contribution in [3.05, 3.63) is 42.1 Å². The molecule has 2 rings (SSSR count). The number of sulfonamides is 1. The van der Waals surface area contributed by atoms with Gasteiger partial charge in [-0.15, -0.1) is 0 Å². The van der Waals surface area contributed by atoms with E-state index in [1.165, 1.54) is 30.1 Å². The SMILES string of the molecule is CN(c1cccc(/C(N)=N/O)c1)S(=O)(=O)c1ccnn1C. The first-order chi connectivity index (χ1) is 9.87. The zero-order chi connectivity index (χ0) is 15.6. The lowest BCUT2D eigenvalue weighted by molar-refractivity contribution is 0.318. The molecule has 0 spiro atoms. The number of rotatable bonds is 4. The van der Waals surface area contributed by atoms with E-state index in [0.29, 0.717) is 11.3 Å². The van der Waals surface area contributed by atoms with Crippen molar-refractivity contribution in [1.29, 1.82) is 0 Å². The van der Waals surface area contributed by atoms with Gasteiger partial charge in [0.1, 0.15) is 0 Å². The molecule has 0 unspecified atom stereocenters. The lowest BCUT2D eigenvalue weighted by Gasteiger charge is -2.19. The minimum absolute atomic E-state index is 0.0687. The van der Waals surface area contributed by atoms with E-state index in [4.69, 9.17) is 10.9 Å². The summed E-state index contributed by atoms with van der Waals surface area (Å²) in [6.07, 6.45) is 1.41. The Balaban J connectivity index is 2.45. The third kappa shape index (κ3) is 2.68. The Morgan fingerprint density at radius 1 is 1.43 bits per heavy atom. The average molecular weight is 309 g/mol. The summed E-state index contributed by atoms with van der Waals surface area (Å²) in [6, 6.07) is 7.78. The van der Waals surface area contributed by atoms with Crippen LogP contribution in [0.25, 0.3) is 0 Å². The van der Waals surface area contributed by atoms with Gasteiger partial charge < -0.3 is 10.9 Å². The minimum Gasteiger partial charge on any atom is -0.409 e. The molecule has 0 amide bonds. The van der Waals surface area contributed by atoms with Gasteiger partial charge in [-0.1, -0.05) is 17.3 Å². The Bertz CT molecular complexity index is 782. The highest BCUT2D eigenvalue weighted by molar-refractivity contribution is 7.92. The lowest BCUT2D eigenvalue weighted by atomic mass is 10.2. The van der Waals surface area contributed by atoms with Crippen molar-refractivity contribution in [1.82, 2.24) is 9.78 Å². The second-order valence-electron chi connectivity index (χ2n) is 4.30. The number of hydrogen-bond donors (Lipinski definition) is 2. The number of aromatic nitrogens is 2. The highest BCUT2D eigenvalue weighted by atomic mass is 32.2. The number of nitrogens with zero attached hydrogens (tertiary/aromatic N) is 4. The number of nitrogens with two attached hydrogens (primary N) is 1. The Kier molecular flexibility index (Phi) is 3.85. The maximum absolute atomic E-state index is 12.5. The fraction of sp³-hybridized carbons (Fsp3) is 0.167.